The van der Waals surface area contributed by atoms with Gasteiger partial charge in [0.25, 0.3) is 0 Å². The van der Waals surface area contributed by atoms with E-state index in [1.165, 1.54) is 0 Å². The second-order valence-electron chi connectivity index (χ2n) is 6.22. The molecule has 0 spiro atoms. The van der Waals surface area contributed by atoms with Gasteiger partial charge in [-0.1, -0.05) is 6.07 Å². The number of rotatable bonds is 6. The lowest BCUT2D eigenvalue weighted by Gasteiger charge is -2.05. The molecule has 0 N–H and O–H groups in total. The minimum Gasteiger partial charge on any atom is -0.497 e. The number of hydrogen-bond donors (Lipinski definition) is 0. The van der Waals surface area contributed by atoms with Gasteiger partial charge < -0.3 is 14.2 Å². The molecule has 4 rings (SSSR count). The largest absolute Gasteiger partial charge is 0.497 e. The molecule has 0 fully saturated rings. The van der Waals surface area contributed by atoms with Gasteiger partial charge in [-0.3, -0.25) is 0 Å². The predicted molar refractivity (Wildman–Crippen MR) is 116 cm³/mol. The predicted octanol–water partition coefficient (Wildman–Crippen LogP) is 5.56. The summed E-state index contributed by atoms with van der Waals surface area (Å²) in [5.74, 6) is 2.19. The number of benzene rings is 2. The van der Waals surface area contributed by atoms with E-state index >= 15 is 0 Å². The van der Waals surface area contributed by atoms with Crippen molar-refractivity contribution in [1.82, 2.24) is 9.97 Å². The second kappa shape index (κ2) is 8.32. The average molecular weight is 404 g/mol. The first-order chi connectivity index (χ1) is 14.2. The zero-order valence-electron chi connectivity index (χ0n) is 16.4. The third-order valence-corrected chi connectivity index (χ3v) is 5.62. The molecule has 0 atom stereocenters. The van der Waals surface area contributed by atoms with E-state index in [1.807, 2.05) is 66.7 Å². The summed E-state index contributed by atoms with van der Waals surface area (Å²) in [6, 6.07) is 21.6. The van der Waals surface area contributed by atoms with Crippen molar-refractivity contribution in [3.8, 4) is 49.8 Å². The zero-order valence-corrected chi connectivity index (χ0v) is 17.2. The van der Waals surface area contributed by atoms with Gasteiger partial charge in [-0.15, -0.1) is 11.3 Å². The Morgan fingerprint density at radius 2 is 1.28 bits per heavy atom. The van der Waals surface area contributed by atoms with Crippen LogP contribution in [0.5, 0.6) is 17.4 Å². The smallest absolute Gasteiger partial charge is 0.213 e. The molecule has 0 bridgehead atoms. The van der Waals surface area contributed by atoms with Crippen LogP contribution in [0.4, 0.5) is 0 Å². The van der Waals surface area contributed by atoms with Crippen LogP contribution < -0.4 is 14.2 Å². The van der Waals surface area contributed by atoms with Crippen molar-refractivity contribution < 1.29 is 14.2 Å². The first-order valence-corrected chi connectivity index (χ1v) is 9.84. The molecule has 5 nitrogen and oxygen atoms in total. The lowest BCUT2D eigenvalue weighted by Crippen LogP contribution is -1.89. The van der Waals surface area contributed by atoms with Crippen LogP contribution in [0.1, 0.15) is 0 Å². The van der Waals surface area contributed by atoms with Crippen LogP contribution in [0, 0.1) is 0 Å². The lowest BCUT2D eigenvalue weighted by atomic mass is 10.1. The van der Waals surface area contributed by atoms with Crippen LogP contribution in [-0.2, 0) is 0 Å². The third kappa shape index (κ3) is 3.93. The van der Waals surface area contributed by atoms with Crippen molar-refractivity contribution in [3.05, 3.63) is 66.7 Å². The van der Waals surface area contributed by atoms with Gasteiger partial charge in [-0.25, -0.2) is 9.97 Å². The summed E-state index contributed by atoms with van der Waals surface area (Å²) < 4.78 is 15.9. The van der Waals surface area contributed by atoms with Crippen LogP contribution in [0.15, 0.2) is 66.7 Å². The van der Waals surface area contributed by atoms with E-state index in [-0.39, 0.29) is 0 Å². The summed E-state index contributed by atoms with van der Waals surface area (Å²) in [6.07, 6.45) is 0. The molecule has 0 aliphatic heterocycles. The molecule has 29 heavy (non-hydrogen) atoms. The van der Waals surface area contributed by atoms with E-state index in [0.29, 0.717) is 5.88 Å². The molecule has 146 valence electrons. The number of methoxy groups -OCH3 is 3. The van der Waals surface area contributed by atoms with Crippen LogP contribution in [0.25, 0.3) is 32.4 Å². The van der Waals surface area contributed by atoms with Crippen LogP contribution in [-0.4, -0.2) is 31.3 Å². The molecular formula is C23H20N2O3S. The summed E-state index contributed by atoms with van der Waals surface area (Å²) in [5.41, 5.74) is 3.77. The molecule has 2 heterocycles. The summed E-state index contributed by atoms with van der Waals surface area (Å²) in [6.45, 7) is 0. The Kier molecular flexibility index (Phi) is 5.44. The quantitative estimate of drug-likeness (QED) is 0.421. The Morgan fingerprint density at radius 1 is 0.655 bits per heavy atom. The lowest BCUT2D eigenvalue weighted by molar-refractivity contribution is 0.398. The van der Waals surface area contributed by atoms with Crippen LogP contribution in [0.3, 0.4) is 0 Å². The highest BCUT2D eigenvalue weighted by Gasteiger charge is 2.17. The molecule has 0 unspecified atom stereocenters. The van der Waals surface area contributed by atoms with E-state index < -0.39 is 0 Å². The Balaban J connectivity index is 1.85. The third-order valence-electron chi connectivity index (χ3n) is 4.49. The summed E-state index contributed by atoms with van der Waals surface area (Å²) in [7, 11) is 4.93. The Bertz CT molecular complexity index is 1040. The highest BCUT2D eigenvalue weighted by molar-refractivity contribution is 7.18. The molecule has 2 aromatic heterocycles. The summed E-state index contributed by atoms with van der Waals surface area (Å²) >= 11 is 1.60. The highest BCUT2D eigenvalue weighted by Crippen LogP contribution is 2.41. The normalized spacial score (nSPS) is 10.6. The molecule has 0 saturated carbocycles. The average Bonchev–Trinajstić information content (AvgIpc) is 3.25. The van der Waals surface area contributed by atoms with Crippen molar-refractivity contribution in [2.45, 2.75) is 0 Å². The minimum absolute atomic E-state index is 0.565. The summed E-state index contributed by atoms with van der Waals surface area (Å²) in [5, 5.41) is 0.834. The van der Waals surface area contributed by atoms with E-state index in [0.717, 1.165) is 43.9 Å². The van der Waals surface area contributed by atoms with E-state index in [4.69, 9.17) is 19.2 Å². The fourth-order valence-electron chi connectivity index (χ4n) is 2.96. The maximum absolute atomic E-state index is 5.30. The molecule has 0 saturated heterocycles. The van der Waals surface area contributed by atoms with Crippen molar-refractivity contribution in [1.29, 1.82) is 0 Å². The van der Waals surface area contributed by atoms with Crippen LogP contribution in [0.2, 0.25) is 0 Å². The van der Waals surface area contributed by atoms with Gasteiger partial charge in [-0.05, 0) is 60.2 Å². The number of aromatic nitrogens is 2. The molecule has 6 heteroatoms. The fraction of sp³-hybridized carbons (Fsp3) is 0.130. The van der Waals surface area contributed by atoms with Crippen molar-refractivity contribution in [3.63, 3.8) is 0 Å². The molecule has 0 aliphatic carbocycles. The maximum atomic E-state index is 5.30. The molecule has 0 radical (unpaired) electrons. The molecule has 2 aromatic carbocycles. The zero-order chi connectivity index (χ0) is 20.2. The Labute approximate surface area is 173 Å². The van der Waals surface area contributed by atoms with Gasteiger partial charge >= 0.3 is 0 Å². The fourth-order valence-corrected chi connectivity index (χ4v) is 4.02. The maximum Gasteiger partial charge on any atom is 0.213 e. The van der Waals surface area contributed by atoms with E-state index in [9.17, 15) is 0 Å². The van der Waals surface area contributed by atoms with E-state index in [1.54, 1.807) is 32.7 Å². The monoisotopic (exact) mass is 404 g/mol. The van der Waals surface area contributed by atoms with Crippen molar-refractivity contribution >= 4 is 11.3 Å². The van der Waals surface area contributed by atoms with Gasteiger partial charge in [0.05, 0.1) is 31.9 Å². The number of thiazole rings is 1. The minimum atomic E-state index is 0.565. The number of pyridine rings is 1. The molecule has 4 aromatic rings. The van der Waals surface area contributed by atoms with Gasteiger partial charge in [0.15, 0.2) is 0 Å². The molecule has 0 amide bonds. The number of nitrogens with zero attached hydrogens (tertiary/aromatic N) is 2. The molecule has 0 aliphatic rings. The number of ether oxygens (including phenoxy) is 3. The van der Waals surface area contributed by atoms with Crippen LogP contribution >= 0.6 is 11.3 Å². The first kappa shape index (κ1) is 19.0. The van der Waals surface area contributed by atoms with E-state index in [2.05, 4.69) is 4.98 Å². The molecular weight excluding hydrogens is 384 g/mol. The van der Waals surface area contributed by atoms with Gasteiger partial charge in [-0.2, -0.15) is 0 Å². The van der Waals surface area contributed by atoms with Crippen molar-refractivity contribution in [2.75, 3.05) is 21.3 Å². The standard InChI is InChI=1S/C23H20N2O3S/c1-26-17-11-7-15(8-12-17)21-22(16-9-13-18(27-2)14-10-16)29-23(25-21)19-5-4-6-20(24-19)28-3/h4-14H,1-3H3. The van der Waals surface area contributed by atoms with Crippen molar-refractivity contribution in [2.24, 2.45) is 0 Å². The Morgan fingerprint density at radius 3 is 1.86 bits per heavy atom. The van der Waals surface area contributed by atoms with Gasteiger partial charge in [0.2, 0.25) is 5.88 Å². The highest BCUT2D eigenvalue weighted by atomic mass is 32.1. The van der Waals surface area contributed by atoms with Gasteiger partial charge in [0, 0.05) is 11.6 Å². The first-order valence-electron chi connectivity index (χ1n) is 9.03. The number of hydrogen-bond acceptors (Lipinski definition) is 6. The topological polar surface area (TPSA) is 53.5 Å². The van der Waals surface area contributed by atoms with Gasteiger partial charge in [0.1, 0.15) is 22.2 Å². The SMILES string of the molecule is COc1ccc(-c2nc(-c3cccc(OC)n3)sc2-c2ccc(OC)cc2)cc1. The summed E-state index contributed by atoms with van der Waals surface area (Å²) in [4.78, 5) is 10.5. The Hall–Kier alpha value is -3.38. The second-order valence-corrected chi connectivity index (χ2v) is 7.22.